The van der Waals surface area contributed by atoms with Gasteiger partial charge in [0, 0.05) is 37.9 Å². The SMILES string of the molecule is O=C(c1ccc(C(=O)C(F)(F)F)s1)N1CCN(c2ccc3c(c2)OCO3)CC1. The minimum Gasteiger partial charge on any atom is -0.454 e. The Bertz CT molecular complexity index is 920. The van der Waals surface area contributed by atoms with Crippen LogP contribution in [0.1, 0.15) is 19.3 Å². The molecule has 0 saturated carbocycles. The average molecular weight is 412 g/mol. The van der Waals surface area contributed by atoms with Crippen molar-refractivity contribution in [3.8, 4) is 11.5 Å². The lowest BCUT2D eigenvalue weighted by Crippen LogP contribution is -2.48. The van der Waals surface area contributed by atoms with Gasteiger partial charge in [0.05, 0.1) is 9.75 Å². The van der Waals surface area contributed by atoms with Gasteiger partial charge >= 0.3 is 6.18 Å². The summed E-state index contributed by atoms with van der Waals surface area (Å²) in [5.41, 5.74) is 0.950. The molecule has 28 heavy (non-hydrogen) atoms. The molecule has 0 unspecified atom stereocenters. The predicted octanol–water partition coefficient (Wildman–Crippen LogP) is 3.18. The van der Waals surface area contributed by atoms with E-state index in [0.717, 1.165) is 11.8 Å². The van der Waals surface area contributed by atoms with Gasteiger partial charge in [0.25, 0.3) is 11.7 Å². The van der Waals surface area contributed by atoms with Gasteiger partial charge in [-0.05, 0) is 24.3 Å². The molecule has 0 aliphatic carbocycles. The number of nitrogens with zero attached hydrogens (tertiary/aromatic N) is 2. The number of thiophene rings is 1. The third-order valence-corrected chi connectivity index (χ3v) is 5.66. The fourth-order valence-electron chi connectivity index (χ4n) is 3.12. The van der Waals surface area contributed by atoms with E-state index < -0.39 is 16.8 Å². The molecule has 1 aromatic carbocycles. The molecular weight excluding hydrogens is 397 g/mol. The zero-order chi connectivity index (χ0) is 19.9. The Morgan fingerprint density at radius 3 is 2.32 bits per heavy atom. The van der Waals surface area contributed by atoms with Crippen LogP contribution >= 0.6 is 11.3 Å². The summed E-state index contributed by atoms with van der Waals surface area (Å²) in [5.74, 6) is -0.920. The van der Waals surface area contributed by atoms with Crippen molar-refractivity contribution < 1.29 is 32.2 Å². The van der Waals surface area contributed by atoms with E-state index >= 15 is 0 Å². The highest BCUT2D eigenvalue weighted by molar-refractivity contribution is 7.16. The van der Waals surface area contributed by atoms with Crippen molar-refractivity contribution in [1.29, 1.82) is 0 Å². The first-order chi connectivity index (χ1) is 13.3. The second-order valence-corrected chi connectivity index (χ2v) is 7.39. The average Bonchev–Trinajstić information content (AvgIpc) is 3.35. The van der Waals surface area contributed by atoms with E-state index in [1.54, 1.807) is 4.90 Å². The number of ketones is 1. The second kappa shape index (κ2) is 7.01. The Morgan fingerprint density at radius 1 is 0.929 bits per heavy atom. The van der Waals surface area contributed by atoms with Gasteiger partial charge in [-0.1, -0.05) is 0 Å². The van der Waals surface area contributed by atoms with E-state index in [-0.39, 0.29) is 17.6 Å². The van der Waals surface area contributed by atoms with Crippen LogP contribution in [0, 0.1) is 0 Å². The molecule has 1 amide bonds. The van der Waals surface area contributed by atoms with Crippen molar-refractivity contribution in [2.24, 2.45) is 0 Å². The maximum Gasteiger partial charge on any atom is 0.455 e. The van der Waals surface area contributed by atoms with Crippen LogP contribution in [0.2, 0.25) is 0 Å². The van der Waals surface area contributed by atoms with Crippen molar-refractivity contribution >= 4 is 28.7 Å². The Morgan fingerprint density at radius 2 is 1.61 bits per heavy atom. The molecule has 3 heterocycles. The van der Waals surface area contributed by atoms with Crippen LogP contribution in [0.3, 0.4) is 0 Å². The molecule has 0 bridgehead atoms. The van der Waals surface area contributed by atoms with Gasteiger partial charge in [-0.25, -0.2) is 0 Å². The van der Waals surface area contributed by atoms with Crippen LogP contribution in [-0.4, -0.2) is 55.7 Å². The van der Waals surface area contributed by atoms with Crippen LogP contribution in [0.15, 0.2) is 30.3 Å². The summed E-state index contributed by atoms with van der Waals surface area (Å²) in [6.45, 7) is 2.19. The van der Waals surface area contributed by atoms with E-state index in [1.807, 2.05) is 18.2 Å². The van der Waals surface area contributed by atoms with E-state index in [0.29, 0.717) is 49.0 Å². The molecule has 1 fully saturated rings. The highest BCUT2D eigenvalue weighted by atomic mass is 32.1. The van der Waals surface area contributed by atoms with Gasteiger partial charge < -0.3 is 19.3 Å². The van der Waals surface area contributed by atoms with Crippen molar-refractivity contribution in [3.05, 3.63) is 40.1 Å². The molecule has 0 spiro atoms. The monoisotopic (exact) mass is 412 g/mol. The van der Waals surface area contributed by atoms with Crippen molar-refractivity contribution in [2.45, 2.75) is 6.18 Å². The smallest absolute Gasteiger partial charge is 0.454 e. The summed E-state index contributed by atoms with van der Waals surface area (Å²) in [7, 11) is 0. The van der Waals surface area contributed by atoms with Gasteiger partial charge in [0.15, 0.2) is 11.5 Å². The number of Topliss-reactive ketones (excluding diaryl/α,β-unsaturated/α-hetero) is 1. The summed E-state index contributed by atoms with van der Waals surface area (Å²) in [6.07, 6.45) is -4.94. The lowest BCUT2D eigenvalue weighted by atomic mass is 10.2. The number of fused-ring (bicyclic) bond motifs is 1. The van der Waals surface area contributed by atoms with Crippen LogP contribution in [0.4, 0.5) is 18.9 Å². The number of carbonyl (C=O) groups excluding carboxylic acids is 2. The zero-order valence-corrected chi connectivity index (χ0v) is 15.3. The van der Waals surface area contributed by atoms with Crippen LogP contribution in [0.5, 0.6) is 11.5 Å². The molecule has 2 aliphatic heterocycles. The van der Waals surface area contributed by atoms with Gasteiger partial charge in [-0.3, -0.25) is 9.59 Å². The Hall–Kier alpha value is -2.75. The molecular formula is C18H15F3N2O4S. The zero-order valence-electron chi connectivity index (χ0n) is 14.5. The number of amides is 1. The molecule has 6 nitrogen and oxygen atoms in total. The van der Waals surface area contributed by atoms with E-state index in [1.165, 1.54) is 6.07 Å². The van der Waals surface area contributed by atoms with Crippen molar-refractivity contribution in [1.82, 2.24) is 4.90 Å². The molecule has 2 aromatic rings. The standard InChI is InChI=1S/C18H15F3N2O4S/c19-18(20,21)16(24)14-3-4-15(28-14)17(25)23-7-5-22(6-8-23)11-1-2-12-13(9-11)27-10-26-12/h1-4,9H,5-8,10H2. The molecule has 2 aliphatic rings. The van der Waals surface area contributed by atoms with E-state index in [9.17, 15) is 22.8 Å². The number of piperazine rings is 1. The molecule has 0 N–H and O–H groups in total. The number of carbonyl (C=O) groups is 2. The normalized spacial score (nSPS) is 16.4. The maximum atomic E-state index is 12.6. The van der Waals surface area contributed by atoms with Crippen molar-refractivity contribution in [2.75, 3.05) is 37.9 Å². The highest BCUT2D eigenvalue weighted by Crippen LogP contribution is 2.36. The number of rotatable bonds is 3. The quantitative estimate of drug-likeness (QED) is 0.725. The molecule has 1 aromatic heterocycles. The molecule has 148 valence electrons. The first-order valence-electron chi connectivity index (χ1n) is 8.48. The number of benzene rings is 1. The number of halogens is 3. The minimum absolute atomic E-state index is 0.129. The third-order valence-electron chi connectivity index (χ3n) is 4.59. The Labute approximate surface area is 162 Å². The lowest BCUT2D eigenvalue weighted by Gasteiger charge is -2.36. The van der Waals surface area contributed by atoms with Gasteiger partial charge in [0.2, 0.25) is 6.79 Å². The number of hydrogen-bond donors (Lipinski definition) is 0. The first kappa shape index (κ1) is 18.6. The molecule has 4 rings (SSSR count). The van der Waals surface area contributed by atoms with Gasteiger partial charge in [-0.2, -0.15) is 13.2 Å². The van der Waals surface area contributed by atoms with E-state index in [4.69, 9.17) is 9.47 Å². The number of alkyl halides is 3. The number of ether oxygens (including phenoxy) is 2. The van der Waals surface area contributed by atoms with Crippen LogP contribution in [-0.2, 0) is 0 Å². The fourth-order valence-corrected chi connectivity index (χ4v) is 4.05. The molecule has 0 atom stereocenters. The topological polar surface area (TPSA) is 59.1 Å². The number of anilines is 1. The fraction of sp³-hybridized carbons (Fsp3) is 0.333. The first-order valence-corrected chi connectivity index (χ1v) is 9.30. The largest absolute Gasteiger partial charge is 0.455 e. The minimum atomic E-state index is -4.94. The highest BCUT2D eigenvalue weighted by Gasteiger charge is 2.40. The Kier molecular flexibility index (Phi) is 4.66. The van der Waals surface area contributed by atoms with Crippen LogP contribution in [0.25, 0.3) is 0 Å². The lowest BCUT2D eigenvalue weighted by molar-refractivity contribution is -0.0882. The van der Waals surface area contributed by atoms with Crippen molar-refractivity contribution in [3.63, 3.8) is 0 Å². The summed E-state index contributed by atoms with van der Waals surface area (Å²) >= 11 is 0.575. The summed E-state index contributed by atoms with van der Waals surface area (Å²) in [5, 5.41) is 0. The molecule has 1 saturated heterocycles. The van der Waals surface area contributed by atoms with E-state index in [2.05, 4.69) is 4.90 Å². The Balaban J connectivity index is 1.39. The van der Waals surface area contributed by atoms with Crippen LogP contribution < -0.4 is 14.4 Å². The predicted molar refractivity (Wildman–Crippen MR) is 95.4 cm³/mol. The molecule has 10 heteroatoms. The summed E-state index contributed by atoms with van der Waals surface area (Å²) < 4.78 is 48.2. The number of hydrogen-bond acceptors (Lipinski definition) is 6. The summed E-state index contributed by atoms with van der Waals surface area (Å²) in [6, 6.07) is 7.96. The third kappa shape index (κ3) is 3.51. The van der Waals surface area contributed by atoms with Gasteiger partial charge in [-0.15, -0.1) is 11.3 Å². The molecule has 0 radical (unpaired) electrons. The second-order valence-electron chi connectivity index (χ2n) is 6.31. The van der Waals surface area contributed by atoms with Gasteiger partial charge in [0.1, 0.15) is 0 Å². The summed E-state index contributed by atoms with van der Waals surface area (Å²) in [4.78, 5) is 27.2. The maximum absolute atomic E-state index is 12.6.